The van der Waals surface area contributed by atoms with Crippen molar-refractivity contribution in [2.45, 2.75) is 33.1 Å². The molecule has 1 aromatic rings. The molecule has 0 fully saturated rings. The SMILES string of the molecule is Cc1cccc(OCCCCCO)c1C. The van der Waals surface area contributed by atoms with Crippen molar-refractivity contribution in [1.29, 1.82) is 0 Å². The number of unbranched alkanes of at least 4 members (excludes halogenated alkanes) is 2. The highest BCUT2D eigenvalue weighted by molar-refractivity contribution is 5.38. The lowest BCUT2D eigenvalue weighted by Gasteiger charge is -2.10. The molecule has 0 saturated carbocycles. The summed E-state index contributed by atoms with van der Waals surface area (Å²) in [6.07, 6.45) is 2.91. The maximum absolute atomic E-state index is 8.62. The maximum atomic E-state index is 8.62. The van der Waals surface area contributed by atoms with Crippen molar-refractivity contribution in [1.82, 2.24) is 0 Å². The molecule has 0 radical (unpaired) electrons. The minimum absolute atomic E-state index is 0.281. The minimum Gasteiger partial charge on any atom is -0.493 e. The highest BCUT2D eigenvalue weighted by Gasteiger charge is 2.00. The van der Waals surface area contributed by atoms with Crippen molar-refractivity contribution in [2.24, 2.45) is 0 Å². The Hall–Kier alpha value is -1.02. The Labute approximate surface area is 91.9 Å². The number of hydrogen-bond acceptors (Lipinski definition) is 2. The normalized spacial score (nSPS) is 10.3. The van der Waals surface area contributed by atoms with Crippen LogP contribution in [0.2, 0.25) is 0 Å². The fourth-order valence-electron chi connectivity index (χ4n) is 1.45. The van der Waals surface area contributed by atoms with Crippen molar-refractivity contribution in [3.63, 3.8) is 0 Å². The first kappa shape index (κ1) is 12.1. The van der Waals surface area contributed by atoms with Gasteiger partial charge in [0, 0.05) is 6.61 Å². The number of rotatable bonds is 6. The van der Waals surface area contributed by atoms with E-state index in [4.69, 9.17) is 9.84 Å². The van der Waals surface area contributed by atoms with Crippen molar-refractivity contribution in [2.75, 3.05) is 13.2 Å². The summed E-state index contributed by atoms with van der Waals surface area (Å²) in [7, 11) is 0. The summed E-state index contributed by atoms with van der Waals surface area (Å²) in [5.41, 5.74) is 2.49. The van der Waals surface area contributed by atoms with Gasteiger partial charge in [-0.1, -0.05) is 12.1 Å². The molecule has 0 aliphatic heterocycles. The first-order chi connectivity index (χ1) is 7.25. The van der Waals surface area contributed by atoms with E-state index in [9.17, 15) is 0 Å². The van der Waals surface area contributed by atoms with Crippen LogP contribution in [0.4, 0.5) is 0 Å². The predicted molar refractivity (Wildman–Crippen MR) is 62.3 cm³/mol. The number of aliphatic hydroxyl groups excluding tert-OH is 1. The molecular weight excluding hydrogens is 188 g/mol. The summed E-state index contributed by atoms with van der Waals surface area (Å²) in [4.78, 5) is 0. The number of aryl methyl sites for hydroxylation is 1. The van der Waals surface area contributed by atoms with E-state index in [1.54, 1.807) is 0 Å². The van der Waals surface area contributed by atoms with E-state index in [0.29, 0.717) is 0 Å². The van der Waals surface area contributed by atoms with E-state index in [1.807, 2.05) is 12.1 Å². The van der Waals surface area contributed by atoms with Gasteiger partial charge in [0.1, 0.15) is 5.75 Å². The summed E-state index contributed by atoms with van der Waals surface area (Å²) < 4.78 is 5.68. The molecule has 0 saturated heterocycles. The average molecular weight is 208 g/mol. The molecular formula is C13H20O2. The Morgan fingerprint density at radius 1 is 1.13 bits per heavy atom. The van der Waals surface area contributed by atoms with Crippen molar-refractivity contribution in [3.8, 4) is 5.75 Å². The van der Waals surface area contributed by atoms with Crippen molar-refractivity contribution >= 4 is 0 Å². The molecule has 0 unspecified atom stereocenters. The third kappa shape index (κ3) is 3.92. The van der Waals surface area contributed by atoms with Crippen LogP contribution in [0.15, 0.2) is 18.2 Å². The summed E-state index contributed by atoms with van der Waals surface area (Å²) in [6, 6.07) is 6.12. The Morgan fingerprint density at radius 2 is 1.93 bits per heavy atom. The Bertz CT molecular complexity index is 295. The largest absolute Gasteiger partial charge is 0.493 e. The van der Waals surface area contributed by atoms with Crippen LogP contribution in [0.1, 0.15) is 30.4 Å². The van der Waals surface area contributed by atoms with Gasteiger partial charge in [-0.15, -0.1) is 0 Å². The van der Waals surface area contributed by atoms with E-state index in [2.05, 4.69) is 19.9 Å². The number of ether oxygens (including phenoxy) is 1. The molecule has 1 rings (SSSR count). The van der Waals surface area contributed by atoms with Gasteiger partial charge in [-0.05, 0) is 50.3 Å². The minimum atomic E-state index is 0.281. The van der Waals surface area contributed by atoms with Gasteiger partial charge < -0.3 is 9.84 Å². The standard InChI is InChI=1S/C13H20O2/c1-11-7-6-8-13(12(11)2)15-10-5-3-4-9-14/h6-8,14H,3-5,9-10H2,1-2H3. The fourth-order valence-corrected chi connectivity index (χ4v) is 1.45. The second kappa shape index (κ2) is 6.46. The van der Waals surface area contributed by atoms with Crippen molar-refractivity contribution < 1.29 is 9.84 Å². The molecule has 2 heteroatoms. The Balaban J connectivity index is 2.34. The number of hydrogen-bond donors (Lipinski definition) is 1. The van der Waals surface area contributed by atoms with E-state index in [1.165, 1.54) is 11.1 Å². The molecule has 0 aliphatic rings. The zero-order valence-corrected chi connectivity index (χ0v) is 9.62. The predicted octanol–water partition coefficient (Wildman–Crippen LogP) is 2.84. The maximum Gasteiger partial charge on any atom is 0.122 e. The molecule has 0 amide bonds. The molecule has 0 spiro atoms. The van der Waals surface area contributed by atoms with Crippen LogP contribution in [0.25, 0.3) is 0 Å². The Morgan fingerprint density at radius 3 is 2.67 bits per heavy atom. The quantitative estimate of drug-likeness (QED) is 0.728. The third-order valence-corrected chi connectivity index (χ3v) is 2.61. The highest BCUT2D eigenvalue weighted by Crippen LogP contribution is 2.20. The van der Waals surface area contributed by atoms with Gasteiger partial charge >= 0.3 is 0 Å². The molecule has 0 atom stereocenters. The molecule has 0 aromatic heterocycles. The first-order valence-corrected chi connectivity index (χ1v) is 5.55. The monoisotopic (exact) mass is 208 g/mol. The smallest absolute Gasteiger partial charge is 0.122 e. The zero-order chi connectivity index (χ0) is 11.1. The van der Waals surface area contributed by atoms with E-state index in [-0.39, 0.29) is 6.61 Å². The topological polar surface area (TPSA) is 29.5 Å². The van der Waals surface area contributed by atoms with E-state index in [0.717, 1.165) is 31.6 Å². The molecule has 0 aliphatic carbocycles. The molecule has 84 valence electrons. The molecule has 1 N–H and O–H groups in total. The van der Waals surface area contributed by atoms with E-state index >= 15 is 0 Å². The average Bonchev–Trinajstić information content (AvgIpc) is 2.24. The summed E-state index contributed by atoms with van der Waals surface area (Å²) in [5.74, 6) is 0.985. The lowest BCUT2D eigenvalue weighted by molar-refractivity contribution is 0.265. The van der Waals surface area contributed by atoms with Gasteiger partial charge in [0.15, 0.2) is 0 Å². The molecule has 15 heavy (non-hydrogen) atoms. The number of aliphatic hydroxyl groups is 1. The fraction of sp³-hybridized carbons (Fsp3) is 0.538. The van der Waals surface area contributed by atoms with E-state index < -0.39 is 0 Å². The second-order valence-corrected chi connectivity index (χ2v) is 3.83. The van der Waals surface area contributed by atoms with Gasteiger partial charge in [-0.3, -0.25) is 0 Å². The van der Waals surface area contributed by atoms with Gasteiger partial charge in [-0.25, -0.2) is 0 Å². The zero-order valence-electron chi connectivity index (χ0n) is 9.62. The Kier molecular flexibility index (Phi) is 5.19. The van der Waals surface area contributed by atoms with Gasteiger partial charge in [-0.2, -0.15) is 0 Å². The summed E-state index contributed by atoms with van der Waals surface area (Å²) >= 11 is 0. The van der Waals surface area contributed by atoms with Crippen LogP contribution in [0, 0.1) is 13.8 Å². The molecule has 2 nitrogen and oxygen atoms in total. The van der Waals surface area contributed by atoms with Gasteiger partial charge in [0.05, 0.1) is 6.61 Å². The summed E-state index contributed by atoms with van der Waals surface area (Å²) in [5, 5.41) is 8.62. The lowest BCUT2D eigenvalue weighted by Crippen LogP contribution is -2.00. The highest BCUT2D eigenvalue weighted by atomic mass is 16.5. The van der Waals surface area contributed by atoms with Gasteiger partial charge in [0.2, 0.25) is 0 Å². The first-order valence-electron chi connectivity index (χ1n) is 5.55. The van der Waals surface area contributed by atoms with Crippen molar-refractivity contribution in [3.05, 3.63) is 29.3 Å². The van der Waals surface area contributed by atoms with Crippen LogP contribution in [0.3, 0.4) is 0 Å². The number of benzene rings is 1. The third-order valence-electron chi connectivity index (χ3n) is 2.61. The van der Waals surface area contributed by atoms with Crippen LogP contribution >= 0.6 is 0 Å². The van der Waals surface area contributed by atoms with Gasteiger partial charge in [0.25, 0.3) is 0 Å². The second-order valence-electron chi connectivity index (χ2n) is 3.83. The van der Waals surface area contributed by atoms with Crippen LogP contribution < -0.4 is 4.74 Å². The van der Waals surface area contributed by atoms with Crippen LogP contribution in [-0.4, -0.2) is 18.3 Å². The van der Waals surface area contributed by atoms with Crippen LogP contribution in [0.5, 0.6) is 5.75 Å². The lowest BCUT2D eigenvalue weighted by atomic mass is 10.1. The molecule has 0 heterocycles. The van der Waals surface area contributed by atoms with Crippen LogP contribution in [-0.2, 0) is 0 Å². The molecule has 0 bridgehead atoms. The molecule has 1 aromatic carbocycles. The summed E-state index contributed by atoms with van der Waals surface area (Å²) in [6.45, 7) is 5.19.